The van der Waals surface area contributed by atoms with Gasteiger partial charge in [-0.1, -0.05) is 13.8 Å². The van der Waals surface area contributed by atoms with Gasteiger partial charge in [-0.2, -0.15) is 5.26 Å². The van der Waals surface area contributed by atoms with E-state index in [9.17, 15) is 5.11 Å². The lowest BCUT2D eigenvalue weighted by atomic mass is 10.1. The lowest BCUT2D eigenvalue weighted by Gasteiger charge is -2.04. The van der Waals surface area contributed by atoms with Crippen LogP contribution in [0.25, 0.3) is 0 Å². The fraction of sp³-hybridized carbons (Fsp3) is 0.900. The van der Waals surface area contributed by atoms with Crippen LogP contribution in [-0.4, -0.2) is 11.2 Å². The molecule has 0 aliphatic heterocycles. The molecule has 0 aromatic carbocycles. The summed E-state index contributed by atoms with van der Waals surface area (Å²) in [5.74, 6) is 1.06. The van der Waals surface area contributed by atoms with Crippen LogP contribution in [0, 0.1) is 28.6 Å². The van der Waals surface area contributed by atoms with Gasteiger partial charge in [-0.05, 0) is 30.6 Å². The molecule has 1 aliphatic rings. The molecule has 0 radical (unpaired) electrons. The summed E-state index contributed by atoms with van der Waals surface area (Å²) in [6.45, 7) is 6.18. The van der Waals surface area contributed by atoms with Crippen LogP contribution in [0.1, 0.15) is 33.6 Å². The number of nitriles is 1. The number of nitrogens with zero attached hydrogens (tertiary/aromatic N) is 1. The van der Waals surface area contributed by atoms with Gasteiger partial charge in [0.1, 0.15) is 0 Å². The molecule has 0 bridgehead atoms. The smallest absolute Gasteiger partial charge is 0.0624 e. The Morgan fingerprint density at radius 2 is 2.08 bits per heavy atom. The van der Waals surface area contributed by atoms with Gasteiger partial charge in [0.2, 0.25) is 0 Å². The zero-order valence-electron chi connectivity index (χ0n) is 8.04. The van der Waals surface area contributed by atoms with Crippen LogP contribution in [0.15, 0.2) is 0 Å². The second-order valence-corrected chi connectivity index (χ2v) is 4.48. The van der Waals surface area contributed by atoms with E-state index in [-0.39, 0.29) is 11.5 Å². The molecule has 1 N–H and O–H groups in total. The summed E-state index contributed by atoms with van der Waals surface area (Å²) < 4.78 is 0. The van der Waals surface area contributed by atoms with Crippen LogP contribution in [0.2, 0.25) is 0 Å². The Labute approximate surface area is 74.2 Å². The predicted octanol–water partition coefficient (Wildman–Crippen LogP) is 1.94. The van der Waals surface area contributed by atoms with Crippen LogP contribution in [-0.2, 0) is 0 Å². The monoisotopic (exact) mass is 167 g/mol. The summed E-state index contributed by atoms with van der Waals surface area (Å²) in [4.78, 5) is 0. The topological polar surface area (TPSA) is 44.0 Å². The zero-order chi connectivity index (χ0) is 9.35. The molecule has 12 heavy (non-hydrogen) atoms. The first kappa shape index (κ1) is 9.54. The maximum atomic E-state index is 9.20. The lowest BCUT2D eigenvalue weighted by molar-refractivity contribution is 0.170. The Kier molecular flexibility index (Phi) is 2.44. The quantitative estimate of drug-likeness (QED) is 0.698. The first-order valence-corrected chi connectivity index (χ1v) is 4.55. The molecule has 1 fully saturated rings. The van der Waals surface area contributed by atoms with Gasteiger partial charge in [-0.15, -0.1) is 0 Å². The van der Waals surface area contributed by atoms with Crippen molar-refractivity contribution in [2.24, 2.45) is 17.3 Å². The maximum absolute atomic E-state index is 9.20. The fourth-order valence-electron chi connectivity index (χ4n) is 2.20. The van der Waals surface area contributed by atoms with Gasteiger partial charge in [-0.25, -0.2) is 0 Å². The van der Waals surface area contributed by atoms with E-state index in [1.165, 1.54) is 0 Å². The number of rotatable bonds is 3. The third-order valence-corrected chi connectivity index (χ3v) is 3.19. The Bertz CT molecular complexity index is 202. The number of aliphatic hydroxyl groups excluding tert-OH is 1. The molecule has 0 aromatic rings. The highest BCUT2D eigenvalue weighted by molar-refractivity contribution is 5.07. The van der Waals surface area contributed by atoms with Crippen molar-refractivity contribution in [2.45, 2.75) is 39.7 Å². The van der Waals surface area contributed by atoms with E-state index in [2.05, 4.69) is 19.9 Å². The molecule has 1 saturated carbocycles. The summed E-state index contributed by atoms with van der Waals surface area (Å²) in [7, 11) is 0. The molecule has 68 valence electrons. The first-order chi connectivity index (χ1) is 5.50. The standard InChI is InChI=1S/C10H17NO/c1-7(12)6-9-8(4-5-11)10(9,2)3/h7-9,12H,4,6H2,1-3H3/t7-,8+,9-/m0/s1. The highest BCUT2D eigenvalue weighted by Gasteiger charge is 2.56. The second kappa shape index (κ2) is 3.06. The molecule has 1 rings (SSSR count). The van der Waals surface area contributed by atoms with Crippen molar-refractivity contribution in [1.82, 2.24) is 0 Å². The summed E-state index contributed by atoms with van der Waals surface area (Å²) in [6.07, 6.45) is 1.27. The Morgan fingerprint density at radius 1 is 1.50 bits per heavy atom. The molecule has 3 atom stereocenters. The molecule has 2 heteroatoms. The van der Waals surface area contributed by atoms with Crippen LogP contribution < -0.4 is 0 Å². The molecular formula is C10H17NO. The lowest BCUT2D eigenvalue weighted by Crippen LogP contribution is -2.03. The van der Waals surface area contributed by atoms with Crippen molar-refractivity contribution < 1.29 is 5.11 Å². The van der Waals surface area contributed by atoms with Crippen LogP contribution in [0.5, 0.6) is 0 Å². The molecule has 0 heterocycles. The average molecular weight is 167 g/mol. The molecule has 0 aromatic heterocycles. The molecular weight excluding hydrogens is 150 g/mol. The number of hydrogen-bond acceptors (Lipinski definition) is 2. The highest BCUT2D eigenvalue weighted by atomic mass is 16.3. The molecule has 1 aliphatic carbocycles. The SMILES string of the molecule is C[C@H](O)C[C@H]1[C@@H](CC#N)C1(C)C. The summed E-state index contributed by atoms with van der Waals surface area (Å²) in [5, 5.41) is 17.7. The van der Waals surface area contributed by atoms with E-state index in [1.807, 2.05) is 6.92 Å². The van der Waals surface area contributed by atoms with Crippen molar-refractivity contribution in [3.05, 3.63) is 0 Å². The minimum Gasteiger partial charge on any atom is -0.393 e. The summed E-state index contributed by atoms with van der Waals surface area (Å²) in [6, 6.07) is 2.21. The van der Waals surface area contributed by atoms with Gasteiger partial charge in [-0.3, -0.25) is 0 Å². The van der Waals surface area contributed by atoms with Crippen LogP contribution in [0.4, 0.5) is 0 Å². The van der Waals surface area contributed by atoms with E-state index >= 15 is 0 Å². The molecule has 0 saturated heterocycles. The Morgan fingerprint density at radius 3 is 2.50 bits per heavy atom. The van der Waals surface area contributed by atoms with Crippen molar-refractivity contribution >= 4 is 0 Å². The zero-order valence-corrected chi connectivity index (χ0v) is 8.04. The molecule has 0 unspecified atom stereocenters. The maximum Gasteiger partial charge on any atom is 0.0624 e. The van der Waals surface area contributed by atoms with Crippen molar-refractivity contribution in [3.8, 4) is 6.07 Å². The average Bonchev–Trinajstić information content (AvgIpc) is 2.39. The first-order valence-electron chi connectivity index (χ1n) is 4.55. The number of aliphatic hydroxyl groups is 1. The normalized spacial score (nSPS) is 33.9. The second-order valence-electron chi connectivity index (χ2n) is 4.48. The van der Waals surface area contributed by atoms with Gasteiger partial charge in [0.15, 0.2) is 0 Å². The van der Waals surface area contributed by atoms with E-state index in [0.717, 1.165) is 6.42 Å². The minimum absolute atomic E-state index is 0.224. The van der Waals surface area contributed by atoms with Gasteiger partial charge in [0.25, 0.3) is 0 Å². The van der Waals surface area contributed by atoms with Gasteiger partial charge in [0.05, 0.1) is 12.2 Å². The van der Waals surface area contributed by atoms with Gasteiger partial charge < -0.3 is 5.11 Å². The third-order valence-electron chi connectivity index (χ3n) is 3.19. The fourth-order valence-corrected chi connectivity index (χ4v) is 2.20. The largest absolute Gasteiger partial charge is 0.393 e. The minimum atomic E-state index is -0.224. The van der Waals surface area contributed by atoms with Crippen LogP contribution in [0.3, 0.4) is 0 Å². The Hall–Kier alpha value is -0.550. The number of hydrogen-bond donors (Lipinski definition) is 1. The van der Waals surface area contributed by atoms with E-state index in [0.29, 0.717) is 18.3 Å². The Balaban J connectivity index is 2.44. The van der Waals surface area contributed by atoms with Crippen molar-refractivity contribution in [2.75, 3.05) is 0 Å². The van der Waals surface area contributed by atoms with Gasteiger partial charge >= 0.3 is 0 Å². The van der Waals surface area contributed by atoms with E-state index in [1.54, 1.807) is 0 Å². The van der Waals surface area contributed by atoms with Gasteiger partial charge in [0, 0.05) is 6.42 Å². The van der Waals surface area contributed by atoms with E-state index < -0.39 is 0 Å². The molecule has 2 nitrogen and oxygen atoms in total. The predicted molar refractivity (Wildman–Crippen MR) is 47.3 cm³/mol. The highest BCUT2D eigenvalue weighted by Crippen LogP contribution is 2.61. The molecule has 0 spiro atoms. The van der Waals surface area contributed by atoms with Crippen LogP contribution >= 0.6 is 0 Å². The summed E-state index contributed by atoms with van der Waals surface area (Å²) in [5.41, 5.74) is 0.284. The van der Waals surface area contributed by atoms with Crippen molar-refractivity contribution in [1.29, 1.82) is 5.26 Å². The van der Waals surface area contributed by atoms with Crippen molar-refractivity contribution in [3.63, 3.8) is 0 Å². The molecule has 0 amide bonds. The van der Waals surface area contributed by atoms with E-state index in [4.69, 9.17) is 5.26 Å². The third kappa shape index (κ3) is 1.61. The summed E-state index contributed by atoms with van der Waals surface area (Å²) >= 11 is 0.